The lowest BCUT2D eigenvalue weighted by molar-refractivity contribution is -0.117. The summed E-state index contributed by atoms with van der Waals surface area (Å²) >= 11 is 0. The van der Waals surface area contributed by atoms with Crippen molar-refractivity contribution in [2.75, 3.05) is 71.9 Å². The van der Waals surface area contributed by atoms with Crippen molar-refractivity contribution < 1.29 is 18.7 Å². The fourth-order valence-electron chi connectivity index (χ4n) is 6.56. The number of Topliss-reactive ketones (excluding diaryl/α,β-unsaturated/α-hetero) is 1. The highest BCUT2D eigenvalue weighted by atomic mass is 19.1. The van der Waals surface area contributed by atoms with Crippen LogP contribution < -0.4 is 10.6 Å². The Bertz CT molecular complexity index is 1540. The second kappa shape index (κ2) is 12.3. The molecule has 3 aromatic carbocycles. The lowest BCUT2D eigenvalue weighted by Gasteiger charge is -2.34. The van der Waals surface area contributed by atoms with Gasteiger partial charge in [-0.25, -0.2) is 4.39 Å². The normalized spacial score (nSPS) is 18.0. The number of anilines is 1. The molecule has 2 aliphatic carbocycles. The molecule has 0 bridgehead atoms. The van der Waals surface area contributed by atoms with Crippen LogP contribution in [0.3, 0.4) is 0 Å². The van der Waals surface area contributed by atoms with E-state index in [-0.39, 0.29) is 11.5 Å². The van der Waals surface area contributed by atoms with Gasteiger partial charge in [0.2, 0.25) is 0 Å². The smallest absolute Gasteiger partial charge is 0.254 e. The molecule has 220 valence electrons. The molecule has 1 fully saturated rings. The Labute approximate surface area is 246 Å². The topological polar surface area (TPSA) is 73.9 Å². The number of carbonyl (C=O) groups is 2. The molecule has 1 unspecified atom stereocenters. The minimum absolute atomic E-state index is 0.0968. The number of nitrogens with one attached hydrogen (secondary N) is 2. The van der Waals surface area contributed by atoms with Crippen LogP contribution in [0.25, 0.3) is 10.8 Å². The number of morpholine rings is 1. The van der Waals surface area contributed by atoms with Gasteiger partial charge in [0.05, 0.1) is 24.5 Å². The molecule has 1 saturated heterocycles. The van der Waals surface area contributed by atoms with Crippen LogP contribution in [-0.4, -0.2) is 88.1 Å². The van der Waals surface area contributed by atoms with E-state index in [1.165, 1.54) is 6.07 Å². The van der Waals surface area contributed by atoms with Gasteiger partial charge in [-0.3, -0.25) is 14.5 Å². The summed E-state index contributed by atoms with van der Waals surface area (Å²) in [6, 6.07) is 13.8. The van der Waals surface area contributed by atoms with Gasteiger partial charge >= 0.3 is 0 Å². The summed E-state index contributed by atoms with van der Waals surface area (Å²) in [5.41, 5.74) is 4.67. The molecule has 7 nitrogen and oxygen atoms in total. The van der Waals surface area contributed by atoms with Gasteiger partial charge in [-0.2, -0.15) is 0 Å². The van der Waals surface area contributed by atoms with Crippen molar-refractivity contribution >= 4 is 28.2 Å². The number of unbranched alkanes of at least 4 members (excludes halogenated alkanes) is 1. The number of rotatable bonds is 10. The highest BCUT2D eigenvalue weighted by molar-refractivity contribution is 6.27. The highest BCUT2D eigenvalue weighted by Gasteiger charge is 2.38. The monoisotopic (exact) mass is 570 g/mol. The Morgan fingerprint density at radius 3 is 2.69 bits per heavy atom. The van der Waals surface area contributed by atoms with Gasteiger partial charge in [-0.15, -0.1) is 0 Å². The summed E-state index contributed by atoms with van der Waals surface area (Å²) in [5, 5.41) is 8.55. The number of hydrogen-bond acceptors (Lipinski definition) is 6. The zero-order valence-electron chi connectivity index (χ0n) is 24.5. The van der Waals surface area contributed by atoms with Crippen LogP contribution in [0.15, 0.2) is 54.1 Å². The molecule has 6 rings (SSSR count). The Hall–Kier alpha value is -3.59. The van der Waals surface area contributed by atoms with Gasteiger partial charge in [0.25, 0.3) is 5.91 Å². The number of hydrogen-bond donors (Lipinski definition) is 2. The molecule has 0 aromatic heterocycles. The zero-order chi connectivity index (χ0) is 29.2. The summed E-state index contributed by atoms with van der Waals surface area (Å²) in [6.07, 6.45) is 4.09. The number of allylic oxidation sites excluding steroid dienone is 1. The van der Waals surface area contributed by atoms with Crippen molar-refractivity contribution in [1.82, 2.24) is 15.1 Å². The first kappa shape index (κ1) is 28.5. The number of amides is 1. The maximum Gasteiger partial charge on any atom is 0.254 e. The Balaban J connectivity index is 1.35. The van der Waals surface area contributed by atoms with E-state index in [1.54, 1.807) is 0 Å². The maximum atomic E-state index is 15.9. The van der Waals surface area contributed by atoms with E-state index in [2.05, 4.69) is 44.7 Å². The van der Waals surface area contributed by atoms with Gasteiger partial charge in [0.15, 0.2) is 5.78 Å². The predicted molar refractivity (Wildman–Crippen MR) is 164 cm³/mol. The number of carbonyl (C=O) groups excluding carboxylic acids is 2. The SMILES string of the molecule is CN(C)CCCCNC(=O)C1=CC2c3ccc4ccccc4c3Cc3c(NCCN4CCOCC4)c(F)cc(c32)C1=O. The van der Waals surface area contributed by atoms with Crippen molar-refractivity contribution in [2.45, 2.75) is 25.2 Å². The Kier molecular flexibility index (Phi) is 8.38. The lowest BCUT2D eigenvalue weighted by Crippen LogP contribution is -2.39. The quantitative estimate of drug-likeness (QED) is 0.279. The molecule has 1 atom stereocenters. The molecule has 0 saturated carbocycles. The van der Waals surface area contributed by atoms with Crippen molar-refractivity contribution in [3.05, 3.63) is 87.7 Å². The summed E-state index contributed by atoms with van der Waals surface area (Å²) in [4.78, 5) is 31.5. The van der Waals surface area contributed by atoms with Crippen LogP contribution in [0, 0.1) is 5.82 Å². The van der Waals surface area contributed by atoms with Crippen molar-refractivity contribution in [2.24, 2.45) is 0 Å². The second-order valence-electron chi connectivity index (χ2n) is 11.7. The Morgan fingerprint density at radius 1 is 1.07 bits per heavy atom. The molecule has 2 N–H and O–H groups in total. The van der Waals surface area contributed by atoms with E-state index >= 15 is 4.39 Å². The molecule has 8 heteroatoms. The van der Waals surface area contributed by atoms with Gasteiger partial charge < -0.3 is 20.3 Å². The largest absolute Gasteiger partial charge is 0.381 e. The molecule has 42 heavy (non-hydrogen) atoms. The minimum Gasteiger partial charge on any atom is -0.381 e. The minimum atomic E-state index is -0.452. The van der Waals surface area contributed by atoms with Crippen LogP contribution in [0.4, 0.5) is 10.1 Å². The number of halogens is 1. The van der Waals surface area contributed by atoms with Crippen molar-refractivity contribution in [1.29, 1.82) is 0 Å². The number of benzene rings is 3. The van der Waals surface area contributed by atoms with E-state index in [0.717, 1.165) is 72.0 Å². The molecule has 0 spiro atoms. The van der Waals surface area contributed by atoms with Crippen LogP contribution in [0.2, 0.25) is 0 Å². The van der Waals surface area contributed by atoms with Crippen LogP contribution >= 0.6 is 0 Å². The highest BCUT2D eigenvalue weighted by Crippen LogP contribution is 2.48. The van der Waals surface area contributed by atoms with E-state index in [0.29, 0.717) is 44.0 Å². The third-order valence-corrected chi connectivity index (χ3v) is 8.72. The molecular formula is C34H39FN4O3. The van der Waals surface area contributed by atoms with E-state index in [9.17, 15) is 9.59 Å². The van der Waals surface area contributed by atoms with Gasteiger partial charge in [-0.1, -0.05) is 42.5 Å². The van der Waals surface area contributed by atoms with Crippen LogP contribution in [0.5, 0.6) is 0 Å². The number of ketones is 1. The van der Waals surface area contributed by atoms with E-state index < -0.39 is 17.5 Å². The first-order chi connectivity index (χ1) is 20.4. The van der Waals surface area contributed by atoms with Gasteiger partial charge in [-0.05, 0) is 72.6 Å². The Morgan fingerprint density at radius 2 is 1.88 bits per heavy atom. The standard InChI is InChI=1S/C34H39FN4O3/c1-38(2)13-6-5-11-37-34(41)29-20-26-24-10-9-22-7-3-4-8-23(22)25(24)19-27-31(26)28(33(29)40)21-30(35)32(27)36-12-14-39-15-17-42-18-16-39/h3-4,7-10,20-21,26,36H,5-6,11-19H2,1-2H3,(H,37,41). The van der Waals surface area contributed by atoms with Gasteiger partial charge in [0.1, 0.15) is 5.82 Å². The fraction of sp³-hybridized carbons (Fsp3) is 0.412. The van der Waals surface area contributed by atoms with E-state index in [4.69, 9.17) is 4.74 Å². The first-order valence-corrected chi connectivity index (χ1v) is 15.0. The number of nitrogens with zero attached hydrogens (tertiary/aromatic N) is 2. The summed E-state index contributed by atoms with van der Waals surface area (Å²) < 4.78 is 21.4. The molecule has 3 aliphatic rings. The molecule has 1 amide bonds. The summed E-state index contributed by atoms with van der Waals surface area (Å²) in [6.45, 7) is 5.94. The molecular weight excluding hydrogens is 531 g/mol. The van der Waals surface area contributed by atoms with Crippen LogP contribution in [0.1, 0.15) is 51.4 Å². The van der Waals surface area contributed by atoms with Crippen molar-refractivity contribution in [3.63, 3.8) is 0 Å². The second-order valence-corrected chi connectivity index (χ2v) is 11.7. The average Bonchev–Trinajstić information content (AvgIpc) is 2.99. The average molecular weight is 571 g/mol. The molecule has 1 aliphatic heterocycles. The zero-order valence-corrected chi connectivity index (χ0v) is 24.5. The summed E-state index contributed by atoms with van der Waals surface area (Å²) in [7, 11) is 4.04. The van der Waals surface area contributed by atoms with E-state index in [1.807, 2.05) is 32.3 Å². The fourth-order valence-corrected chi connectivity index (χ4v) is 6.56. The molecule has 3 aromatic rings. The predicted octanol–water partition coefficient (Wildman–Crippen LogP) is 4.34. The summed E-state index contributed by atoms with van der Waals surface area (Å²) in [5.74, 6) is -1.56. The molecule has 0 radical (unpaired) electrons. The number of fused-ring (bicyclic) bond motifs is 4. The van der Waals surface area contributed by atoms with Crippen molar-refractivity contribution in [3.8, 4) is 0 Å². The third-order valence-electron chi connectivity index (χ3n) is 8.72. The molecule has 1 heterocycles. The number of ether oxygens (including phenoxy) is 1. The first-order valence-electron chi connectivity index (χ1n) is 15.0. The third kappa shape index (κ3) is 5.59. The lowest BCUT2D eigenvalue weighted by atomic mass is 9.70. The maximum absolute atomic E-state index is 15.9. The van der Waals surface area contributed by atoms with Crippen LogP contribution in [-0.2, 0) is 16.0 Å². The van der Waals surface area contributed by atoms with Gasteiger partial charge in [0, 0.05) is 50.6 Å².